The number of aromatic nitrogens is 2. The minimum absolute atomic E-state index is 0.209. The molecule has 0 spiro atoms. The average molecular weight is 312 g/mol. The first-order valence-corrected chi connectivity index (χ1v) is 6.49. The van der Waals surface area contributed by atoms with E-state index in [2.05, 4.69) is 21.0 Å². The fraction of sp³-hybridized carbons (Fsp3) is 0.308. The minimum Gasteiger partial charge on any atom is -0.326 e. The highest BCUT2D eigenvalue weighted by molar-refractivity contribution is 9.10. The largest absolute Gasteiger partial charge is 0.326 e. The van der Waals surface area contributed by atoms with Crippen LogP contribution >= 0.6 is 15.9 Å². The van der Waals surface area contributed by atoms with Gasteiger partial charge in [-0.25, -0.2) is 4.39 Å². The maximum absolute atomic E-state index is 13.3. The average Bonchev–Trinajstić information content (AvgIpc) is 2.59. The summed E-state index contributed by atoms with van der Waals surface area (Å²) in [6.07, 6.45) is 0. The first kappa shape index (κ1) is 13.2. The molecule has 5 heteroatoms. The van der Waals surface area contributed by atoms with E-state index >= 15 is 0 Å². The van der Waals surface area contributed by atoms with E-state index in [0.29, 0.717) is 12.1 Å². The van der Waals surface area contributed by atoms with Crippen molar-refractivity contribution in [3.05, 3.63) is 51.0 Å². The molecule has 0 amide bonds. The second-order valence-electron chi connectivity index (χ2n) is 4.27. The van der Waals surface area contributed by atoms with Crippen molar-refractivity contribution in [3.8, 4) is 0 Å². The van der Waals surface area contributed by atoms with Gasteiger partial charge in [0.1, 0.15) is 5.82 Å². The smallest absolute Gasteiger partial charge is 0.127 e. The molecule has 0 atom stereocenters. The molecule has 0 bridgehead atoms. The number of nitrogens with two attached hydrogens (primary N) is 1. The summed E-state index contributed by atoms with van der Waals surface area (Å²) in [5.74, 6) is -0.254. The number of aryl methyl sites for hydroxylation is 1. The lowest BCUT2D eigenvalue weighted by atomic mass is 10.1. The molecule has 2 N–H and O–H groups in total. The lowest BCUT2D eigenvalue weighted by Crippen LogP contribution is -2.06. The van der Waals surface area contributed by atoms with Crippen LogP contribution in [0.15, 0.2) is 22.7 Å². The Morgan fingerprint density at radius 3 is 2.67 bits per heavy atom. The van der Waals surface area contributed by atoms with Crippen molar-refractivity contribution in [2.45, 2.75) is 26.9 Å². The van der Waals surface area contributed by atoms with Gasteiger partial charge in [0.25, 0.3) is 0 Å². The Hall–Kier alpha value is -1.20. The van der Waals surface area contributed by atoms with Crippen LogP contribution in [0.3, 0.4) is 0 Å². The highest BCUT2D eigenvalue weighted by Gasteiger charge is 2.09. The van der Waals surface area contributed by atoms with E-state index in [4.69, 9.17) is 5.73 Å². The molecular weight excluding hydrogens is 297 g/mol. The van der Waals surface area contributed by atoms with Crippen molar-refractivity contribution in [2.24, 2.45) is 5.73 Å². The molecule has 1 aromatic carbocycles. The van der Waals surface area contributed by atoms with Crippen LogP contribution in [0.25, 0.3) is 0 Å². The van der Waals surface area contributed by atoms with E-state index in [1.54, 1.807) is 12.1 Å². The van der Waals surface area contributed by atoms with Crippen molar-refractivity contribution < 1.29 is 4.39 Å². The summed E-state index contributed by atoms with van der Waals surface area (Å²) in [5, 5.41) is 4.43. The third-order valence-electron chi connectivity index (χ3n) is 2.96. The van der Waals surface area contributed by atoms with Gasteiger partial charge in [-0.15, -0.1) is 0 Å². The molecule has 1 aromatic heterocycles. The fourth-order valence-corrected chi connectivity index (χ4v) is 2.17. The first-order valence-electron chi connectivity index (χ1n) is 5.69. The van der Waals surface area contributed by atoms with E-state index in [1.165, 1.54) is 6.07 Å². The number of hydrogen-bond donors (Lipinski definition) is 1. The van der Waals surface area contributed by atoms with Gasteiger partial charge < -0.3 is 5.73 Å². The summed E-state index contributed by atoms with van der Waals surface area (Å²) < 4.78 is 16.3. The van der Waals surface area contributed by atoms with Gasteiger partial charge >= 0.3 is 0 Å². The summed E-state index contributed by atoms with van der Waals surface area (Å²) >= 11 is 3.49. The molecule has 0 unspecified atom stereocenters. The van der Waals surface area contributed by atoms with Gasteiger partial charge in [-0.3, -0.25) is 4.68 Å². The maximum Gasteiger partial charge on any atom is 0.127 e. The van der Waals surface area contributed by atoms with Crippen molar-refractivity contribution in [1.82, 2.24) is 9.78 Å². The standard InChI is InChI=1S/C13H15BrFN3/c1-8-13(14)9(2)18(17-8)7-10-3-4-12(15)11(5-10)6-16/h3-5H,6-7,16H2,1-2H3. The summed E-state index contributed by atoms with van der Waals surface area (Å²) in [6.45, 7) is 4.77. The molecule has 2 aromatic rings. The van der Waals surface area contributed by atoms with Crippen LogP contribution in [0.1, 0.15) is 22.5 Å². The van der Waals surface area contributed by atoms with Gasteiger partial charge in [-0.05, 0) is 47.5 Å². The lowest BCUT2D eigenvalue weighted by molar-refractivity contribution is 0.605. The predicted molar refractivity (Wildman–Crippen MR) is 72.8 cm³/mol. The molecule has 0 radical (unpaired) electrons. The van der Waals surface area contributed by atoms with E-state index < -0.39 is 0 Å². The number of rotatable bonds is 3. The SMILES string of the molecule is Cc1nn(Cc2ccc(F)c(CN)c2)c(C)c1Br. The zero-order valence-electron chi connectivity index (χ0n) is 10.4. The van der Waals surface area contributed by atoms with Crippen LogP contribution in [0.5, 0.6) is 0 Å². The summed E-state index contributed by atoms with van der Waals surface area (Å²) in [4.78, 5) is 0. The molecule has 0 saturated heterocycles. The number of benzene rings is 1. The van der Waals surface area contributed by atoms with Crippen molar-refractivity contribution in [3.63, 3.8) is 0 Å². The van der Waals surface area contributed by atoms with E-state index in [0.717, 1.165) is 21.4 Å². The molecule has 0 fully saturated rings. The Balaban J connectivity index is 2.31. The lowest BCUT2D eigenvalue weighted by Gasteiger charge is -2.07. The Labute approximate surface area is 114 Å². The molecular formula is C13H15BrFN3. The van der Waals surface area contributed by atoms with E-state index in [9.17, 15) is 4.39 Å². The van der Waals surface area contributed by atoms with Crippen molar-refractivity contribution in [1.29, 1.82) is 0 Å². The van der Waals surface area contributed by atoms with Gasteiger partial charge in [0.2, 0.25) is 0 Å². The number of hydrogen-bond acceptors (Lipinski definition) is 2. The summed E-state index contributed by atoms with van der Waals surface area (Å²) in [5.41, 5.74) is 9.05. The fourth-order valence-electron chi connectivity index (χ4n) is 1.88. The maximum atomic E-state index is 13.3. The van der Waals surface area contributed by atoms with Crippen LogP contribution < -0.4 is 5.73 Å². The Bertz CT molecular complexity index is 578. The Morgan fingerprint density at radius 2 is 2.11 bits per heavy atom. The minimum atomic E-state index is -0.254. The van der Waals surface area contributed by atoms with Gasteiger partial charge in [0, 0.05) is 12.1 Å². The van der Waals surface area contributed by atoms with Gasteiger partial charge in [-0.1, -0.05) is 6.07 Å². The zero-order valence-corrected chi connectivity index (χ0v) is 12.0. The van der Waals surface area contributed by atoms with Gasteiger partial charge in [0.05, 0.1) is 22.4 Å². The number of nitrogens with zero attached hydrogens (tertiary/aromatic N) is 2. The van der Waals surface area contributed by atoms with Crippen LogP contribution in [-0.4, -0.2) is 9.78 Å². The number of halogens is 2. The zero-order chi connectivity index (χ0) is 13.3. The normalized spacial score (nSPS) is 10.9. The molecule has 3 nitrogen and oxygen atoms in total. The molecule has 0 saturated carbocycles. The Morgan fingerprint density at radius 1 is 1.39 bits per heavy atom. The molecule has 18 heavy (non-hydrogen) atoms. The van der Waals surface area contributed by atoms with Gasteiger partial charge in [0.15, 0.2) is 0 Å². The van der Waals surface area contributed by atoms with Crippen LogP contribution in [0.4, 0.5) is 4.39 Å². The van der Waals surface area contributed by atoms with Crippen LogP contribution in [0, 0.1) is 19.7 Å². The Kier molecular flexibility index (Phi) is 3.82. The predicted octanol–water partition coefficient (Wildman–Crippen LogP) is 2.91. The highest BCUT2D eigenvalue weighted by atomic mass is 79.9. The topological polar surface area (TPSA) is 43.8 Å². The quantitative estimate of drug-likeness (QED) is 0.947. The summed E-state index contributed by atoms with van der Waals surface area (Å²) in [6, 6.07) is 5.01. The first-order chi connectivity index (χ1) is 8.52. The molecule has 96 valence electrons. The van der Waals surface area contributed by atoms with E-state index in [-0.39, 0.29) is 12.4 Å². The van der Waals surface area contributed by atoms with Gasteiger partial charge in [-0.2, -0.15) is 5.10 Å². The second-order valence-corrected chi connectivity index (χ2v) is 5.07. The monoisotopic (exact) mass is 311 g/mol. The third-order valence-corrected chi connectivity index (χ3v) is 4.10. The van der Waals surface area contributed by atoms with Crippen LogP contribution in [0.2, 0.25) is 0 Å². The highest BCUT2D eigenvalue weighted by Crippen LogP contribution is 2.21. The molecule has 0 aliphatic heterocycles. The third kappa shape index (κ3) is 2.47. The molecule has 2 rings (SSSR count). The molecule has 1 heterocycles. The van der Waals surface area contributed by atoms with Crippen molar-refractivity contribution >= 4 is 15.9 Å². The molecule has 0 aliphatic carbocycles. The van der Waals surface area contributed by atoms with E-state index in [1.807, 2.05) is 18.5 Å². The van der Waals surface area contributed by atoms with Crippen molar-refractivity contribution in [2.75, 3.05) is 0 Å². The molecule has 0 aliphatic rings. The summed E-state index contributed by atoms with van der Waals surface area (Å²) in [7, 11) is 0. The second kappa shape index (κ2) is 5.20. The van der Waals surface area contributed by atoms with Crippen LogP contribution in [-0.2, 0) is 13.1 Å².